The maximum absolute atomic E-state index is 12.9. The molecule has 162 valence electrons. The first-order valence-corrected chi connectivity index (χ1v) is 9.67. The van der Waals surface area contributed by atoms with Crippen molar-refractivity contribution >= 4 is 28.9 Å². The van der Waals surface area contributed by atoms with Gasteiger partial charge in [-0.15, -0.1) is 0 Å². The van der Waals surface area contributed by atoms with E-state index in [9.17, 15) is 14.9 Å². The lowest BCUT2D eigenvalue weighted by Crippen LogP contribution is -2.34. The number of non-ortho nitro benzene ring substituents is 1. The number of rotatable bonds is 2. The zero-order chi connectivity index (χ0) is 23.1. The normalized spacial score (nSPS) is 11.4. The fourth-order valence-corrected chi connectivity index (χ4v) is 2.86. The lowest BCUT2D eigenvalue weighted by Gasteiger charge is -2.23. The van der Waals surface area contributed by atoms with Crippen LogP contribution in [0.15, 0.2) is 42.5 Å². The zero-order valence-electron chi connectivity index (χ0n) is 17.6. The van der Waals surface area contributed by atoms with Crippen molar-refractivity contribution in [3.8, 4) is 6.07 Å². The Labute approximate surface area is 181 Å². The van der Waals surface area contributed by atoms with Gasteiger partial charge in [-0.05, 0) is 17.7 Å². The van der Waals surface area contributed by atoms with E-state index in [0.29, 0.717) is 19.6 Å². The quantitative estimate of drug-likeness (QED) is 0.540. The van der Waals surface area contributed by atoms with E-state index < -0.39 is 4.92 Å². The van der Waals surface area contributed by atoms with Crippen molar-refractivity contribution < 1.29 is 14.8 Å². The highest BCUT2D eigenvalue weighted by atomic mass is 35.5. The highest BCUT2D eigenvalue weighted by Gasteiger charge is 2.24. The summed E-state index contributed by atoms with van der Waals surface area (Å²) >= 11 is 6.09. The van der Waals surface area contributed by atoms with Crippen LogP contribution in [0, 0.1) is 21.4 Å². The smallest absolute Gasteiger partial charge is 0.270 e. The second-order valence-electron chi connectivity index (χ2n) is 5.41. The highest BCUT2D eigenvalue weighted by Crippen LogP contribution is 2.28. The Morgan fingerprint density at radius 1 is 1.27 bits per heavy atom. The number of hydrogen-bond donors (Lipinski definition) is 2. The van der Waals surface area contributed by atoms with Gasteiger partial charge in [-0.3, -0.25) is 14.9 Å². The number of nitro benzene ring substituents is 1. The summed E-state index contributed by atoms with van der Waals surface area (Å²) in [6.45, 7) is 7.28. The summed E-state index contributed by atoms with van der Waals surface area (Å²) in [4.78, 5) is 24.8. The predicted molar refractivity (Wildman–Crippen MR) is 119 cm³/mol. The van der Waals surface area contributed by atoms with Crippen LogP contribution in [0.4, 0.5) is 11.4 Å². The van der Waals surface area contributed by atoms with Gasteiger partial charge in [0.1, 0.15) is 0 Å². The van der Waals surface area contributed by atoms with Crippen LogP contribution >= 0.6 is 11.6 Å². The first-order valence-electron chi connectivity index (χ1n) is 9.29. The van der Waals surface area contributed by atoms with E-state index in [2.05, 4.69) is 5.32 Å². The van der Waals surface area contributed by atoms with Gasteiger partial charge in [-0.2, -0.15) is 5.26 Å². The van der Waals surface area contributed by atoms with E-state index in [1.54, 1.807) is 11.0 Å². The molecule has 0 fully saturated rings. The number of carbonyl (C=O) groups is 1. The van der Waals surface area contributed by atoms with Crippen LogP contribution in [0.25, 0.3) is 0 Å². The van der Waals surface area contributed by atoms with Crippen molar-refractivity contribution in [3.05, 3.63) is 68.7 Å². The molecule has 1 aliphatic rings. The first kappa shape index (κ1) is 27.0. The van der Waals surface area contributed by atoms with Crippen LogP contribution < -0.4 is 10.2 Å². The molecule has 0 unspecified atom stereocenters. The molecule has 2 aromatic carbocycles. The van der Waals surface area contributed by atoms with E-state index in [4.69, 9.17) is 22.0 Å². The van der Waals surface area contributed by atoms with Gasteiger partial charge in [0.25, 0.3) is 11.6 Å². The summed E-state index contributed by atoms with van der Waals surface area (Å²) in [5.41, 5.74) is 1.98. The second-order valence-corrected chi connectivity index (χ2v) is 5.81. The van der Waals surface area contributed by atoms with Gasteiger partial charge < -0.3 is 15.3 Å². The molecule has 2 aromatic rings. The number of anilines is 1. The van der Waals surface area contributed by atoms with Crippen molar-refractivity contribution in [2.24, 2.45) is 0 Å². The van der Waals surface area contributed by atoms with Crippen LogP contribution in [0.1, 0.15) is 36.7 Å². The van der Waals surface area contributed by atoms with E-state index in [-0.39, 0.29) is 22.2 Å². The van der Waals surface area contributed by atoms with Gasteiger partial charge in [0.05, 0.1) is 21.6 Å². The Kier molecular flexibility index (Phi) is 13.4. The van der Waals surface area contributed by atoms with E-state index in [1.165, 1.54) is 25.1 Å². The summed E-state index contributed by atoms with van der Waals surface area (Å²) in [6.07, 6.45) is 0. The molecule has 9 heteroatoms. The Bertz CT molecular complexity index is 868. The van der Waals surface area contributed by atoms with Crippen molar-refractivity contribution in [2.45, 2.75) is 27.3 Å². The van der Waals surface area contributed by atoms with Crippen LogP contribution in [0.3, 0.4) is 0 Å². The molecule has 1 heterocycles. The molecule has 0 bridgehead atoms. The van der Waals surface area contributed by atoms with Gasteiger partial charge in [0, 0.05) is 51.5 Å². The lowest BCUT2D eigenvalue weighted by atomic mass is 10.1. The molecule has 0 atom stereocenters. The molecule has 30 heavy (non-hydrogen) atoms. The van der Waals surface area contributed by atoms with Gasteiger partial charge in [-0.25, -0.2) is 0 Å². The van der Waals surface area contributed by atoms with E-state index in [0.717, 1.165) is 18.4 Å². The summed E-state index contributed by atoms with van der Waals surface area (Å²) in [5, 5.41) is 28.5. The third kappa shape index (κ3) is 7.44. The molecule has 8 nitrogen and oxygen atoms in total. The number of nitriles is 1. The Hall–Kier alpha value is -2.99. The Morgan fingerprint density at radius 3 is 2.43 bits per heavy atom. The SMILES string of the molecule is CC.CC#N.CO.O=C(c1ccc([N+](=O)[O-])cc1Cl)N1CCNCc2ccccc21. The van der Waals surface area contributed by atoms with Crippen LogP contribution in [-0.2, 0) is 6.54 Å². The third-order valence-electron chi connectivity index (χ3n) is 3.75. The maximum atomic E-state index is 12.9. The van der Waals surface area contributed by atoms with Gasteiger partial charge >= 0.3 is 0 Å². The maximum Gasteiger partial charge on any atom is 0.270 e. The zero-order valence-corrected chi connectivity index (χ0v) is 18.3. The molecule has 2 N–H and O–H groups in total. The number of amides is 1. The van der Waals surface area contributed by atoms with Crippen molar-refractivity contribution in [1.82, 2.24) is 5.32 Å². The molecule has 0 aliphatic carbocycles. The summed E-state index contributed by atoms with van der Waals surface area (Å²) < 4.78 is 0. The summed E-state index contributed by atoms with van der Waals surface area (Å²) in [6, 6.07) is 13.3. The largest absolute Gasteiger partial charge is 0.400 e. The molecule has 0 aromatic heterocycles. The minimum Gasteiger partial charge on any atom is -0.400 e. The fourth-order valence-electron chi connectivity index (χ4n) is 2.61. The molecule has 1 amide bonds. The van der Waals surface area contributed by atoms with Gasteiger partial charge in [0.15, 0.2) is 0 Å². The summed E-state index contributed by atoms with van der Waals surface area (Å²) in [5.74, 6) is -0.263. The minimum atomic E-state index is -0.536. The van der Waals surface area contributed by atoms with Gasteiger partial charge in [-0.1, -0.05) is 43.6 Å². The number of hydrogen-bond acceptors (Lipinski definition) is 6. The minimum absolute atomic E-state index is 0.0823. The Balaban J connectivity index is 0.00000108. The number of fused-ring (bicyclic) bond motifs is 1. The molecular formula is C21H27ClN4O4. The number of nitrogens with zero attached hydrogens (tertiary/aromatic N) is 3. The standard InChI is InChI=1S/C16H14ClN3O3.C2H3N.C2H6.CH4O/c17-14-9-12(20(22)23)5-6-13(14)16(21)19-8-7-18-10-11-3-1-2-4-15(11)19;1-2-3;2*1-2/h1-6,9,18H,7-8,10H2;1H3;1-2H3;2H,1H3. The third-order valence-corrected chi connectivity index (χ3v) is 4.06. The molecule has 0 spiro atoms. The van der Waals surface area contributed by atoms with E-state index >= 15 is 0 Å². The average molecular weight is 435 g/mol. The van der Waals surface area contributed by atoms with Crippen LogP contribution in [0.5, 0.6) is 0 Å². The van der Waals surface area contributed by atoms with E-state index in [1.807, 2.05) is 38.1 Å². The molecule has 0 saturated carbocycles. The van der Waals surface area contributed by atoms with Crippen LogP contribution in [0.2, 0.25) is 5.02 Å². The lowest BCUT2D eigenvalue weighted by molar-refractivity contribution is -0.384. The number of benzene rings is 2. The second kappa shape index (κ2) is 14.9. The number of para-hydroxylation sites is 1. The van der Waals surface area contributed by atoms with Crippen molar-refractivity contribution in [1.29, 1.82) is 5.26 Å². The average Bonchev–Trinajstić information content (AvgIpc) is 2.99. The van der Waals surface area contributed by atoms with Crippen LogP contribution in [-0.4, -0.2) is 36.1 Å². The molecule has 1 aliphatic heterocycles. The topological polar surface area (TPSA) is 119 Å². The van der Waals surface area contributed by atoms with Gasteiger partial charge in [0.2, 0.25) is 0 Å². The summed E-state index contributed by atoms with van der Waals surface area (Å²) in [7, 11) is 1.00. The number of nitrogens with one attached hydrogen (secondary N) is 1. The Morgan fingerprint density at radius 2 is 1.87 bits per heavy atom. The molecule has 0 saturated heterocycles. The number of aliphatic hydroxyl groups excluding tert-OH is 1. The number of aliphatic hydroxyl groups is 1. The first-order chi connectivity index (χ1) is 14.5. The number of halogens is 1. The molecular weight excluding hydrogens is 408 g/mol. The monoisotopic (exact) mass is 434 g/mol. The molecule has 0 radical (unpaired) electrons. The molecule has 3 rings (SSSR count). The number of nitro groups is 1. The van der Waals surface area contributed by atoms with Crippen molar-refractivity contribution in [3.63, 3.8) is 0 Å². The highest BCUT2D eigenvalue weighted by molar-refractivity contribution is 6.34. The predicted octanol–water partition coefficient (Wildman–Crippen LogP) is 4.16. The fraction of sp³-hybridized carbons (Fsp3) is 0.333. The van der Waals surface area contributed by atoms with Crippen molar-refractivity contribution in [2.75, 3.05) is 25.1 Å². The number of carbonyl (C=O) groups excluding carboxylic acids is 1.